The van der Waals surface area contributed by atoms with E-state index in [0.29, 0.717) is 28.8 Å². The second-order valence-electron chi connectivity index (χ2n) is 5.74. The molecular weight excluding hydrogens is 345 g/mol. The Hall–Kier alpha value is -2.55. The van der Waals surface area contributed by atoms with E-state index in [1.165, 1.54) is 17.4 Å². The van der Waals surface area contributed by atoms with Gasteiger partial charge in [0.2, 0.25) is 22.1 Å². The summed E-state index contributed by atoms with van der Waals surface area (Å²) in [5.41, 5.74) is 0.434. The van der Waals surface area contributed by atoms with Gasteiger partial charge in [-0.2, -0.15) is 0 Å². The fourth-order valence-electron chi connectivity index (χ4n) is 2.50. The summed E-state index contributed by atoms with van der Waals surface area (Å²) < 4.78 is 13.5. The van der Waals surface area contributed by atoms with Crippen molar-refractivity contribution in [2.24, 2.45) is 0 Å². The zero-order valence-electron chi connectivity index (χ0n) is 13.7. The molecule has 1 aliphatic heterocycles. The standard InChI is InChI=1S/C16H18FN5O2S/c1-21(10-13(23)18-9-11-5-2-3-6-12(11)17)15-19-20-16(25-15)22-8-4-7-14(22)24/h2-3,5-6H,4,7-10H2,1H3,(H,18,23). The number of hydrogen-bond acceptors (Lipinski definition) is 6. The van der Waals surface area contributed by atoms with E-state index in [0.717, 1.165) is 6.42 Å². The van der Waals surface area contributed by atoms with Gasteiger partial charge in [0.05, 0.1) is 6.54 Å². The lowest BCUT2D eigenvalue weighted by Gasteiger charge is -2.15. The van der Waals surface area contributed by atoms with E-state index in [2.05, 4.69) is 15.5 Å². The van der Waals surface area contributed by atoms with Crippen LogP contribution in [-0.2, 0) is 16.1 Å². The molecule has 1 aromatic heterocycles. The second-order valence-corrected chi connectivity index (χ2v) is 6.67. The number of carbonyl (C=O) groups is 2. The lowest BCUT2D eigenvalue weighted by atomic mass is 10.2. The maximum atomic E-state index is 13.5. The largest absolute Gasteiger partial charge is 0.350 e. The highest BCUT2D eigenvalue weighted by Gasteiger charge is 2.25. The molecule has 0 saturated carbocycles. The molecule has 0 spiro atoms. The Balaban J connectivity index is 1.54. The van der Waals surface area contributed by atoms with Crippen LogP contribution in [0, 0.1) is 5.82 Å². The molecule has 2 heterocycles. The van der Waals surface area contributed by atoms with Gasteiger partial charge in [0.25, 0.3) is 0 Å². The second kappa shape index (κ2) is 7.56. The number of hydrogen-bond donors (Lipinski definition) is 1. The lowest BCUT2D eigenvalue weighted by Crippen LogP contribution is -2.34. The van der Waals surface area contributed by atoms with E-state index in [-0.39, 0.29) is 30.7 Å². The van der Waals surface area contributed by atoms with Gasteiger partial charge in [-0.15, -0.1) is 10.2 Å². The van der Waals surface area contributed by atoms with Crippen LogP contribution in [0.4, 0.5) is 14.7 Å². The molecule has 7 nitrogen and oxygen atoms in total. The van der Waals surface area contributed by atoms with Gasteiger partial charge >= 0.3 is 0 Å². The van der Waals surface area contributed by atoms with Gasteiger partial charge < -0.3 is 10.2 Å². The molecule has 1 aromatic carbocycles. The third kappa shape index (κ3) is 4.11. The fourth-order valence-corrected chi connectivity index (χ4v) is 3.35. The van der Waals surface area contributed by atoms with E-state index in [9.17, 15) is 14.0 Å². The van der Waals surface area contributed by atoms with Crippen LogP contribution in [0.15, 0.2) is 24.3 Å². The maximum absolute atomic E-state index is 13.5. The highest BCUT2D eigenvalue weighted by molar-refractivity contribution is 7.19. The van der Waals surface area contributed by atoms with Crippen molar-refractivity contribution >= 4 is 33.4 Å². The summed E-state index contributed by atoms with van der Waals surface area (Å²) in [5.74, 6) is -0.548. The van der Waals surface area contributed by atoms with Gasteiger partial charge in [-0.3, -0.25) is 14.5 Å². The topological polar surface area (TPSA) is 78.4 Å². The van der Waals surface area contributed by atoms with Crippen LogP contribution in [0.5, 0.6) is 0 Å². The number of likely N-dealkylation sites (N-methyl/N-ethyl adjacent to an activating group) is 1. The number of carbonyl (C=O) groups excluding carboxylic acids is 2. The van der Waals surface area contributed by atoms with Gasteiger partial charge in [-0.05, 0) is 12.5 Å². The smallest absolute Gasteiger partial charge is 0.239 e. The summed E-state index contributed by atoms with van der Waals surface area (Å²) >= 11 is 1.27. The van der Waals surface area contributed by atoms with E-state index in [4.69, 9.17) is 0 Å². The molecule has 1 saturated heterocycles. The van der Waals surface area contributed by atoms with E-state index in [1.807, 2.05) is 0 Å². The molecule has 0 bridgehead atoms. The minimum Gasteiger partial charge on any atom is -0.350 e. The van der Waals surface area contributed by atoms with Crippen LogP contribution in [0.25, 0.3) is 0 Å². The van der Waals surface area contributed by atoms with E-state index < -0.39 is 0 Å². The molecule has 1 N–H and O–H groups in total. The molecule has 2 amide bonds. The lowest BCUT2D eigenvalue weighted by molar-refractivity contribution is -0.120. The Morgan fingerprint density at radius 2 is 2.20 bits per heavy atom. The van der Waals surface area contributed by atoms with Crippen molar-refractivity contribution in [2.45, 2.75) is 19.4 Å². The molecule has 132 valence electrons. The Morgan fingerprint density at radius 1 is 1.40 bits per heavy atom. The zero-order chi connectivity index (χ0) is 17.8. The summed E-state index contributed by atoms with van der Waals surface area (Å²) in [7, 11) is 1.72. The quantitative estimate of drug-likeness (QED) is 0.843. The zero-order valence-corrected chi connectivity index (χ0v) is 14.6. The Bertz CT molecular complexity index is 781. The molecular formula is C16H18FN5O2S. The first-order chi connectivity index (χ1) is 12.0. The normalized spacial score (nSPS) is 14.0. The van der Waals surface area contributed by atoms with Crippen LogP contribution in [0.3, 0.4) is 0 Å². The number of rotatable bonds is 6. The minimum absolute atomic E-state index is 0.0491. The summed E-state index contributed by atoms with van der Waals surface area (Å²) in [6, 6.07) is 6.31. The van der Waals surface area contributed by atoms with Gasteiger partial charge in [0, 0.05) is 32.1 Å². The molecule has 2 aromatic rings. The third-order valence-electron chi connectivity index (χ3n) is 3.85. The molecule has 9 heteroatoms. The predicted octanol–water partition coefficient (Wildman–Crippen LogP) is 1.56. The first kappa shape index (κ1) is 17.3. The number of amides is 2. The first-order valence-corrected chi connectivity index (χ1v) is 8.71. The van der Waals surface area contributed by atoms with Crippen LogP contribution in [0.2, 0.25) is 0 Å². The molecule has 1 aliphatic rings. The van der Waals surface area contributed by atoms with E-state index in [1.54, 1.807) is 35.0 Å². The first-order valence-electron chi connectivity index (χ1n) is 7.89. The Labute approximate surface area is 148 Å². The van der Waals surface area contributed by atoms with Crippen LogP contribution < -0.4 is 15.1 Å². The van der Waals surface area contributed by atoms with Crippen LogP contribution in [-0.4, -0.2) is 42.1 Å². The molecule has 0 aliphatic carbocycles. The number of anilines is 2. The number of aromatic nitrogens is 2. The average Bonchev–Trinajstić information content (AvgIpc) is 3.22. The van der Waals surface area contributed by atoms with Crippen molar-refractivity contribution in [3.05, 3.63) is 35.6 Å². The summed E-state index contributed by atoms with van der Waals surface area (Å²) in [5, 5.41) is 11.9. The van der Waals surface area contributed by atoms with Crippen LogP contribution >= 0.6 is 11.3 Å². The van der Waals surface area contributed by atoms with Crippen molar-refractivity contribution in [3.8, 4) is 0 Å². The monoisotopic (exact) mass is 363 g/mol. The van der Waals surface area contributed by atoms with Crippen molar-refractivity contribution in [1.82, 2.24) is 15.5 Å². The molecule has 3 rings (SSSR count). The maximum Gasteiger partial charge on any atom is 0.239 e. The molecule has 0 unspecified atom stereocenters. The fraction of sp³-hybridized carbons (Fsp3) is 0.375. The summed E-state index contributed by atoms with van der Waals surface area (Å²) in [4.78, 5) is 27.0. The van der Waals surface area contributed by atoms with Gasteiger partial charge in [-0.1, -0.05) is 29.5 Å². The SMILES string of the molecule is CN(CC(=O)NCc1ccccc1F)c1nnc(N2CCCC2=O)s1. The summed E-state index contributed by atoms with van der Waals surface area (Å²) in [6.07, 6.45) is 1.35. The van der Waals surface area contributed by atoms with Gasteiger partial charge in [0.1, 0.15) is 5.82 Å². The van der Waals surface area contributed by atoms with E-state index >= 15 is 0 Å². The number of benzene rings is 1. The minimum atomic E-state index is -0.347. The molecule has 1 fully saturated rings. The van der Waals surface area contributed by atoms with Crippen molar-refractivity contribution in [2.75, 3.05) is 29.9 Å². The van der Waals surface area contributed by atoms with Crippen molar-refractivity contribution in [3.63, 3.8) is 0 Å². The van der Waals surface area contributed by atoms with Gasteiger partial charge in [0.15, 0.2) is 0 Å². The highest BCUT2D eigenvalue weighted by Crippen LogP contribution is 2.29. The summed E-state index contributed by atoms with van der Waals surface area (Å²) in [6.45, 7) is 0.848. The number of nitrogens with zero attached hydrogens (tertiary/aromatic N) is 4. The highest BCUT2D eigenvalue weighted by atomic mass is 32.1. The van der Waals surface area contributed by atoms with Gasteiger partial charge in [-0.25, -0.2) is 4.39 Å². The van der Waals surface area contributed by atoms with Crippen LogP contribution in [0.1, 0.15) is 18.4 Å². The predicted molar refractivity (Wildman–Crippen MR) is 93.0 cm³/mol. The number of halogens is 1. The Morgan fingerprint density at radius 3 is 2.92 bits per heavy atom. The average molecular weight is 363 g/mol. The third-order valence-corrected chi connectivity index (χ3v) is 4.91. The number of nitrogens with one attached hydrogen (secondary N) is 1. The Kier molecular flexibility index (Phi) is 5.22. The van der Waals surface area contributed by atoms with Crippen molar-refractivity contribution in [1.29, 1.82) is 0 Å². The van der Waals surface area contributed by atoms with Crippen molar-refractivity contribution < 1.29 is 14.0 Å². The molecule has 25 heavy (non-hydrogen) atoms. The molecule has 0 radical (unpaired) electrons. The molecule has 0 atom stereocenters.